The molecule has 0 aliphatic carbocycles. The molecule has 0 bridgehead atoms. The molecule has 0 saturated carbocycles. The Bertz CT molecular complexity index is 159. The van der Waals surface area contributed by atoms with Crippen LogP contribution in [0.15, 0.2) is 0 Å². The van der Waals surface area contributed by atoms with Crippen molar-refractivity contribution in [3.8, 4) is 0 Å². The minimum Gasteiger partial charge on any atom is -0.394 e. The second-order valence-electron chi connectivity index (χ2n) is 3.69. The molecule has 1 heterocycles. The van der Waals surface area contributed by atoms with Gasteiger partial charge in [-0.1, -0.05) is 0 Å². The summed E-state index contributed by atoms with van der Waals surface area (Å²) < 4.78 is 10.8. The van der Waals surface area contributed by atoms with Gasteiger partial charge in [-0.3, -0.25) is 0 Å². The molecule has 4 N–H and O–H groups in total. The van der Waals surface area contributed by atoms with Crippen LogP contribution in [0.3, 0.4) is 0 Å². The molecule has 0 aromatic heterocycles. The zero-order valence-electron chi connectivity index (χ0n) is 8.32. The van der Waals surface area contributed by atoms with Gasteiger partial charge in [-0.05, 0) is 12.8 Å². The average molecular weight is 205 g/mol. The van der Waals surface area contributed by atoms with E-state index < -0.39 is 11.7 Å². The highest BCUT2D eigenvalue weighted by atomic mass is 16.6. The topological polar surface area (TPSA) is 84.9 Å². The van der Waals surface area contributed by atoms with Crippen LogP contribution in [-0.4, -0.2) is 54.9 Å². The minimum atomic E-state index is -0.833. The summed E-state index contributed by atoms with van der Waals surface area (Å²) in [6.45, 7) is 1.42. The van der Waals surface area contributed by atoms with Gasteiger partial charge in [0.05, 0.1) is 19.8 Å². The van der Waals surface area contributed by atoms with E-state index in [1.165, 1.54) is 0 Å². The van der Waals surface area contributed by atoms with Gasteiger partial charge >= 0.3 is 0 Å². The number of aliphatic hydroxyl groups excluding tert-OH is 2. The summed E-state index contributed by atoms with van der Waals surface area (Å²) in [6, 6.07) is 0. The van der Waals surface area contributed by atoms with Crippen molar-refractivity contribution in [1.82, 2.24) is 0 Å². The van der Waals surface area contributed by atoms with Gasteiger partial charge in [0.25, 0.3) is 0 Å². The van der Waals surface area contributed by atoms with Crippen LogP contribution in [0.25, 0.3) is 0 Å². The quantitative estimate of drug-likeness (QED) is 0.528. The van der Waals surface area contributed by atoms with Crippen LogP contribution in [0.1, 0.15) is 12.8 Å². The third-order valence-electron chi connectivity index (χ3n) is 2.45. The van der Waals surface area contributed by atoms with Gasteiger partial charge < -0.3 is 25.4 Å². The molecule has 1 rings (SSSR count). The predicted octanol–water partition coefficient (Wildman–Crippen LogP) is -1.14. The Kier molecular flexibility index (Phi) is 4.77. The van der Waals surface area contributed by atoms with E-state index in [4.69, 9.17) is 25.4 Å². The van der Waals surface area contributed by atoms with Crippen LogP contribution in [0.5, 0.6) is 0 Å². The van der Waals surface area contributed by atoms with Crippen LogP contribution in [0.4, 0.5) is 0 Å². The summed E-state index contributed by atoms with van der Waals surface area (Å²) in [5, 5.41) is 17.8. The lowest BCUT2D eigenvalue weighted by molar-refractivity contribution is -0.143. The van der Waals surface area contributed by atoms with Crippen molar-refractivity contribution >= 4 is 0 Å². The number of rotatable bonds is 5. The Labute approximate surface area is 83.8 Å². The lowest BCUT2D eigenvalue weighted by Gasteiger charge is -2.36. The highest BCUT2D eigenvalue weighted by molar-refractivity contribution is 4.84. The predicted molar refractivity (Wildman–Crippen MR) is 50.9 cm³/mol. The molecule has 0 amide bonds. The Balaban J connectivity index is 2.36. The molecule has 0 aromatic rings. The number of aliphatic hydroxyl groups is 2. The molecule has 84 valence electrons. The molecule has 1 aliphatic heterocycles. The second kappa shape index (κ2) is 5.63. The average Bonchev–Trinajstić information content (AvgIpc) is 2.27. The molecule has 1 fully saturated rings. The zero-order valence-corrected chi connectivity index (χ0v) is 8.32. The number of hydrogen-bond acceptors (Lipinski definition) is 5. The maximum Gasteiger partial charge on any atom is 0.104 e. The molecule has 2 atom stereocenters. The van der Waals surface area contributed by atoms with Crippen LogP contribution < -0.4 is 5.73 Å². The summed E-state index contributed by atoms with van der Waals surface area (Å²) in [7, 11) is 0. The monoisotopic (exact) mass is 205 g/mol. The summed E-state index contributed by atoms with van der Waals surface area (Å²) in [4.78, 5) is 0. The van der Waals surface area contributed by atoms with E-state index in [9.17, 15) is 0 Å². The summed E-state index contributed by atoms with van der Waals surface area (Å²) in [5.41, 5.74) is 5.15. The smallest absolute Gasteiger partial charge is 0.104 e. The van der Waals surface area contributed by atoms with Gasteiger partial charge in [0, 0.05) is 13.2 Å². The SMILES string of the molecule is NCC1(OCC(O)CO)CCCOC1. The van der Waals surface area contributed by atoms with Gasteiger partial charge in [-0.25, -0.2) is 0 Å². The van der Waals surface area contributed by atoms with Crippen molar-refractivity contribution < 1.29 is 19.7 Å². The number of ether oxygens (including phenoxy) is 2. The van der Waals surface area contributed by atoms with Gasteiger partial charge in [-0.15, -0.1) is 0 Å². The molecule has 0 spiro atoms. The van der Waals surface area contributed by atoms with Gasteiger partial charge in [0.15, 0.2) is 0 Å². The summed E-state index contributed by atoms with van der Waals surface area (Å²) in [5.74, 6) is 0. The first-order valence-corrected chi connectivity index (χ1v) is 4.93. The molecule has 0 radical (unpaired) electrons. The van der Waals surface area contributed by atoms with E-state index in [-0.39, 0.29) is 13.2 Å². The van der Waals surface area contributed by atoms with Crippen molar-refractivity contribution in [3.05, 3.63) is 0 Å². The zero-order chi connectivity index (χ0) is 10.4. The molecule has 5 heteroatoms. The Hall–Kier alpha value is -0.200. The maximum atomic E-state index is 9.14. The van der Waals surface area contributed by atoms with Crippen LogP contribution in [0, 0.1) is 0 Å². The van der Waals surface area contributed by atoms with Gasteiger partial charge in [0.1, 0.15) is 11.7 Å². The van der Waals surface area contributed by atoms with Crippen molar-refractivity contribution in [2.75, 3.05) is 33.0 Å². The molecular weight excluding hydrogens is 186 g/mol. The fraction of sp³-hybridized carbons (Fsp3) is 1.00. The molecule has 1 saturated heterocycles. The maximum absolute atomic E-state index is 9.14. The van der Waals surface area contributed by atoms with Crippen molar-refractivity contribution in [1.29, 1.82) is 0 Å². The fourth-order valence-electron chi connectivity index (χ4n) is 1.49. The highest BCUT2D eigenvalue weighted by Crippen LogP contribution is 2.22. The van der Waals surface area contributed by atoms with Crippen LogP contribution in [0.2, 0.25) is 0 Å². The Morgan fingerprint density at radius 1 is 1.57 bits per heavy atom. The first-order chi connectivity index (χ1) is 6.72. The standard InChI is InChI=1S/C9H19NO4/c10-6-9(2-1-3-13-7-9)14-5-8(12)4-11/h8,11-12H,1-7,10H2. The third-order valence-corrected chi connectivity index (χ3v) is 2.45. The largest absolute Gasteiger partial charge is 0.394 e. The molecular formula is C9H19NO4. The van der Waals surface area contributed by atoms with Crippen molar-refractivity contribution in [3.63, 3.8) is 0 Å². The lowest BCUT2D eigenvalue weighted by atomic mass is 9.96. The van der Waals surface area contributed by atoms with E-state index in [0.717, 1.165) is 19.4 Å². The summed E-state index contributed by atoms with van der Waals surface area (Å²) >= 11 is 0. The van der Waals surface area contributed by atoms with Crippen LogP contribution >= 0.6 is 0 Å². The van der Waals surface area contributed by atoms with E-state index >= 15 is 0 Å². The fourth-order valence-corrected chi connectivity index (χ4v) is 1.49. The first kappa shape index (κ1) is 11.9. The number of hydrogen-bond donors (Lipinski definition) is 3. The van der Waals surface area contributed by atoms with E-state index in [1.54, 1.807) is 0 Å². The van der Waals surface area contributed by atoms with Crippen molar-refractivity contribution in [2.45, 2.75) is 24.5 Å². The Morgan fingerprint density at radius 3 is 2.86 bits per heavy atom. The molecule has 5 nitrogen and oxygen atoms in total. The highest BCUT2D eigenvalue weighted by Gasteiger charge is 2.32. The molecule has 2 unspecified atom stereocenters. The molecule has 0 aromatic carbocycles. The van der Waals surface area contributed by atoms with Crippen molar-refractivity contribution in [2.24, 2.45) is 5.73 Å². The van der Waals surface area contributed by atoms with E-state index in [0.29, 0.717) is 13.2 Å². The van der Waals surface area contributed by atoms with Gasteiger partial charge in [-0.2, -0.15) is 0 Å². The van der Waals surface area contributed by atoms with E-state index in [2.05, 4.69) is 0 Å². The Morgan fingerprint density at radius 2 is 2.36 bits per heavy atom. The van der Waals surface area contributed by atoms with Crippen LogP contribution in [-0.2, 0) is 9.47 Å². The normalized spacial score (nSPS) is 30.2. The lowest BCUT2D eigenvalue weighted by Crippen LogP contribution is -2.49. The van der Waals surface area contributed by atoms with E-state index in [1.807, 2.05) is 0 Å². The minimum absolute atomic E-state index is 0.108. The first-order valence-electron chi connectivity index (χ1n) is 4.93. The molecule has 14 heavy (non-hydrogen) atoms. The van der Waals surface area contributed by atoms with Gasteiger partial charge in [0.2, 0.25) is 0 Å². The second-order valence-corrected chi connectivity index (χ2v) is 3.69. The molecule has 1 aliphatic rings. The number of nitrogens with two attached hydrogens (primary N) is 1. The third kappa shape index (κ3) is 3.18. The summed E-state index contributed by atoms with van der Waals surface area (Å²) in [6.07, 6.45) is 0.939.